The van der Waals surface area contributed by atoms with Crippen molar-refractivity contribution in [2.24, 2.45) is 5.41 Å². The summed E-state index contributed by atoms with van der Waals surface area (Å²) in [4.78, 5) is 31.0. The maximum atomic E-state index is 13.0. The molecule has 1 fully saturated rings. The number of hydrogen-bond acceptors (Lipinski definition) is 8. The molecule has 3 unspecified atom stereocenters. The van der Waals surface area contributed by atoms with Crippen LogP contribution in [0.2, 0.25) is 0 Å². The van der Waals surface area contributed by atoms with Crippen LogP contribution in [0.4, 0.5) is 0 Å². The molecule has 3 N–H and O–H groups in total. The van der Waals surface area contributed by atoms with E-state index in [1.54, 1.807) is 0 Å². The van der Waals surface area contributed by atoms with Crippen molar-refractivity contribution in [3.05, 3.63) is 86.1 Å². The number of ether oxygens (including phenoxy) is 1. The highest BCUT2D eigenvalue weighted by molar-refractivity contribution is 7.08. The van der Waals surface area contributed by atoms with Crippen molar-refractivity contribution in [2.45, 2.75) is 65.3 Å². The number of hydrogen-bond donors (Lipinski definition) is 3. The van der Waals surface area contributed by atoms with Gasteiger partial charge in [0, 0.05) is 48.1 Å². The summed E-state index contributed by atoms with van der Waals surface area (Å²) >= 11 is 1.05. The number of aromatic nitrogens is 3. The van der Waals surface area contributed by atoms with Crippen molar-refractivity contribution in [1.82, 2.24) is 25.4 Å². The average Bonchev–Trinajstić information content (AvgIpc) is 3.37. The van der Waals surface area contributed by atoms with Gasteiger partial charge < -0.3 is 14.7 Å². The Morgan fingerprint density at radius 2 is 1.98 bits per heavy atom. The SMILES string of the molecule is Cc1cc(COc2ccc(C(O)NC3CCN(C(=O)CC(C)(C)C)CC3c3n[nH]c(=O)s3)cc2)c2ccccc2n1. The molecule has 3 atom stereocenters. The van der Waals surface area contributed by atoms with Crippen LogP contribution in [0.25, 0.3) is 10.9 Å². The topological polar surface area (TPSA) is 120 Å². The molecule has 3 heterocycles. The highest BCUT2D eigenvalue weighted by Crippen LogP contribution is 2.31. The number of rotatable bonds is 8. The monoisotopic (exact) mass is 575 g/mol. The summed E-state index contributed by atoms with van der Waals surface area (Å²) in [6.07, 6.45) is 0.143. The summed E-state index contributed by atoms with van der Waals surface area (Å²) < 4.78 is 6.08. The number of para-hydroxylation sites is 1. The normalized spacial score (nSPS) is 18.4. The second kappa shape index (κ2) is 12.1. The molecule has 1 aliphatic rings. The van der Waals surface area contributed by atoms with Crippen LogP contribution >= 0.6 is 11.3 Å². The third-order valence-corrected chi connectivity index (χ3v) is 8.19. The van der Waals surface area contributed by atoms with Gasteiger partial charge in [0.05, 0.1) is 5.52 Å². The van der Waals surface area contributed by atoms with Gasteiger partial charge in [-0.2, -0.15) is 5.10 Å². The maximum absolute atomic E-state index is 13.0. The molecule has 1 amide bonds. The lowest BCUT2D eigenvalue weighted by molar-refractivity contribution is -0.134. The first kappa shape index (κ1) is 28.9. The first-order chi connectivity index (χ1) is 19.6. The minimum Gasteiger partial charge on any atom is -0.489 e. The van der Waals surface area contributed by atoms with E-state index in [0.29, 0.717) is 48.9 Å². The average molecular weight is 576 g/mol. The molecular weight excluding hydrogens is 538 g/mol. The highest BCUT2D eigenvalue weighted by atomic mass is 32.1. The number of aliphatic hydroxyl groups is 1. The number of nitrogens with zero attached hydrogens (tertiary/aromatic N) is 3. The molecule has 0 bridgehead atoms. The first-order valence-electron chi connectivity index (χ1n) is 13.9. The third-order valence-electron chi connectivity index (χ3n) is 7.31. The quantitative estimate of drug-likeness (QED) is 0.261. The Morgan fingerprint density at radius 3 is 2.68 bits per heavy atom. The lowest BCUT2D eigenvalue weighted by Crippen LogP contribution is -2.51. The number of fused-ring (bicyclic) bond motifs is 1. The number of pyridine rings is 1. The summed E-state index contributed by atoms with van der Waals surface area (Å²) in [5, 5.41) is 22.8. The number of aliphatic hydroxyl groups excluding tert-OH is 1. The third kappa shape index (κ3) is 7.19. The second-order valence-electron chi connectivity index (χ2n) is 11.9. The molecule has 0 saturated carbocycles. The van der Waals surface area contributed by atoms with E-state index in [-0.39, 0.29) is 28.2 Å². The summed E-state index contributed by atoms with van der Waals surface area (Å²) in [5.74, 6) is 0.576. The minimum atomic E-state index is -0.934. The van der Waals surface area contributed by atoms with Crippen molar-refractivity contribution in [3.63, 3.8) is 0 Å². The van der Waals surface area contributed by atoms with Crippen LogP contribution in [-0.2, 0) is 11.4 Å². The molecule has 0 aliphatic carbocycles. The van der Waals surface area contributed by atoms with Gasteiger partial charge in [-0.15, -0.1) is 0 Å². The van der Waals surface area contributed by atoms with Gasteiger partial charge in [0.2, 0.25) is 5.91 Å². The Morgan fingerprint density at radius 1 is 1.22 bits per heavy atom. The van der Waals surface area contributed by atoms with Gasteiger partial charge in [0.1, 0.15) is 23.6 Å². The van der Waals surface area contributed by atoms with Gasteiger partial charge in [0.15, 0.2) is 0 Å². The molecule has 41 heavy (non-hydrogen) atoms. The predicted molar refractivity (Wildman–Crippen MR) is 160 cm³/mol. The van der Waals surface area contributed by atoms with Crippen LogP contribution in [-0.4, -0.2) is 50.2 Å². The van der Waals surface area contributed by atoms with Crippen LogP contribution in [0.3, 0.4) is 0 Å². The Hall–Kier alpha value is -3.60. The molecular formula is C31H37N5O4S. The van der Waals surface area contributed by atoms with E-state index >= 15 is 0 Å². The zero-order valence-electron chi connectivity index (χ0n) is 23.9. The van der Waals surface area contributed by atoms with Crippen LogP contribution in [0.15, 0.2) is 59.4 Å². The molecule has 10 heteroatoms. The van der Waals surface area contributed by atoms with Gasteiger partial charge in [0.25, 0.3) is 0 Å². The number of amides is 1. The number of likely N-dealkylation sites (tertiary alicyclic amines) is 1. The van der Waals surface area contributed by atoms with Crippen LogP contribution in [0.1, 0.15) is 67.6 Å². The number of H-pyrrole nitrogens is 1. The van der Waals surface area contributed by atoms with E-state index in [0.717, 1.165) is 33.5 Å². The van der Waals surface area contributed by atoms with E-state index in [1.165, 1.54) is 0 Å². The minimum absolute atomic E-state index is 0.0925. The van der Waals surface area contributed by atoms with Gasteiger partial charge in [-0.05, 0) is 48.6 Å². The fourth-order valence-electron chi connectivity index (χ4n) is 5.31. The van der Waals surface area contributed by atoms with Gasteiger partial charge in [-0.3, -0.25) is 19.9 Å². The predicted octanol–water partition coefficient (Wildman–Crippen LogP) is 4.67. The lowest BCUT2D eigenvalue weighted by Gasteiger charge is -2.39. The Kier molecular flexibility index (Phi) is 8.53. The molecule has 0 spiro atoms. The number of benzene rings is 2. The van der Waals surface area contributed by atoms with Gasteiger partial charge >= 0.3 is 4.87 Å². The smallest absolute Gasteiger partial charge is 0.322 e. The number of nitrogens with one attached hydrogen (secondary N) is 2. The molecule has 5 rings (SSSR count). The van der Waals surface area contributed by atoms with Crippen LogP contribution in [0.5, 0.6) is 5.75 Å². The number of carbonyl (C=O) groups is 1. The zero-order chi connectivity index (χ0) is 29.1. The van der Waals surface area contributed by atoms with Gasteiger partial charge in [-0.25, -0.2) is 5.10 Å². The standard InChI is InChI=1S/C31H37N5O4S/c1-19-15-21(23-7-5-6-8-25(23)32-19)18-40-22-11-9-20(10-12-22)28(38)33-26-13-14-36(27(37)16-31(2,3)4)17-24(26)29-34-35-30(39)41-29/h5-12,15,24,26,28,33,38H,13-14,16-18H2,1-4H3,(H,35,39). The number of aromatic amines is 1. The molecule has 9 nitrogen and oxygen atoms in total. The second-order valence-corrected chi connectivity index (χ2v) is 12.9. The molecule has 1 saturated heterocycles. The summed E-state index contributed by atoms with van der Waals surface area (Å²) in [5.41, 5.74) is 3.54. The van der Waals surface area contributed by atoms with E-state index in [4.69, 9.17) is 4.74 Å². The van der Waals surface area contributed by atoms with Gasteiger partial charge in [-0.1, -0.05) is 62.4 Å². The van der Waals surface area contributed by atoms with E-state index in [2.05, 4.69) is 20.5 Å². The molecule has 1 aliphatic heterocycles. The number of piperidine rings is 1. The van der Waals surface area contributed by atoms with E-state index in [1.807, 2.05) is 87.2 Å². The summed E-state index contributed by atoms with van der Waals surface area (Å²) in [7, 11) is 0. The largest absolute Gasteiger partial charge is 0.489 e. The van der Waals surface area contributed by atoms with E-state index < -0.39 is 6.23 Å². The van der Waals surface area contributed by atoms with E-state index in [9.17, 15) is 14.7 Å². The Labute approximate surface area is 243 Å². The zero-order valence-corrected chi connectivity index (χ0v) is 24.7. The fraction of sp³-hybridized carbons (Fsp3) is 0.419. The molecule has 2 aromatic carbocycles. The van der Waals surface area contributed by atoms with Crippen LogP contribution < -0.4 is 14.9 Å². The molecule has 2 aromatic heterocycles. The number of carbonyl (C=O) groups excluding carboxylic acids is 1. The molecule has 216 valence electrons. The fourth-order valence-corrected chi connectivity index (χ4v) is 6.08. The van der Waals surface area contributed by atoms with Crippen molar-refractivity contribution in [1.29, 1.82) is 0 Å². The summed E-state index contributed by atoms with van der Waals surface area (Å²) in [6.45, 7) is 9.54. The summed E-state index contributed by atoms with van der Waals surface area (Å²) in [6, 6.07) is 17.3. The maximum Gasteiger partial charge on any atom is 0.322 e. The Balaban J connectivity index is 1.24. The Bertz CT molecular complexity index is 1560. The van der Waals surface area contributed by atoms with Crippen molar-refractivity contribution in [3.8, 4) is 5.75 Å². The molecule has 4 aromatic rings. The van der Waals surface area contributed by atoms with Crippen molar-refractivity contribution < 1.29 is 14.6 Å². The molecule has 0 radical (unpaired) electrons. The lowest BCUT2D eigenvalue weighted by atomic mass is 9.88. The van der Waals surface area contributed by atoms with Crippen molar-refractivity contribution in [2.75, 3.05) is 13.1 Å². The highest BCUT2D eigenvalue weighted by Gasteiger charge is 2.36. The van der Waals surface area contributed by atoms with Crippen LogP contribution in [0, 0.1) is 12.3 Å². The first-order valence-corrected chi connectivity index (χ1v) is 14.7. The number of aryl methyl sites for hydroxylation is 1. The van der Waals surface area contributed by atoms with Crippen molar-refractivity contribution >= 4 is 28.1 Å².